The zero-order valence-corrected chi connectivity index (χ0v) is 15.8. The molecule has 0 amide bonds. The van der Waals surface area contributed by atoms with E-state index in [-0.39, 0.29) is 5.97 Å². The van der Waals surface area contributed by atoms with Gasteiger partial charge in [0.25, 0.3) is 0 Å². The summed E-state index contributed by atoms with van der Waals surface area (Å²) in [5.41, 5.74) is 5.59. The fraction of sp³-hybridized carbons (Fsp3) is 0.167. The fourth-order valence-corrected chi connectivity index (χ4v) is 3.64. The lowest BCUT2D eigenvalue weighted by Crippen LogP contribution is -2.06. The first-order valence-corrected chi connectivity index (χ1v) is 9.43. The zero-order valence-electron chi connectivity index (χ0n) is 15.8. The fourth-order valence-electron chi connectivity index (χ4n) is 3.64. The van der Waals surface area contributed by atoms with Gasteiger partial charge in [0.1, 0.15) is 5.65 Å². The summed E-state index contributed by atoms with van der Waals surface area (Å²) in [6.45, 7) is 2.53. The van der Waals surface area contributed by atoms with Crippen LogP contribution in [0.1, 0.15) is 18.1 Å². The van der Waals surface area contributed by atoms with Crippen LogP contribution in [0.3, 0.4) is 0 Å². The van der Waals surface area contributed by atoms with Gasteiger partial charge in [-0.1, -0.05) is 60.7 Å². The molecule has 0 bridgehead atoms. The molecule has 4 nitrogen and oxygen atoms in total. The molecule has 2 aromatic carbocycles. The molecule has 0 aliphatic rings. The van der Waals surface area contributed by atoms with Gasteiger partial charge < -0.3 is 9.30 Å². The highest BCUT2D eigenvalue weighted by atomic mass is 16.5. The smallest absolute Gasteiger partial charge is 0.302 e. The Kier molecular flexibility index (Phi) is 5.20. The number of aromatic nitrogens is 2. The second-order valence-corrected chi connectivity index (χ2v) is 6.73. The molecule has 0 atom stereocenters. The molecule has 4 heteroatoms. The third-order valence-electron chi connectivity index (χ3n) is 4.81. The average molecular weight is 370 g/mol. The van der Waals surface area contributed by atoms with Crippen molar-refractivity contribution in [2.24, 2.45) is 0 Å². The predicted octanol–water partition coefficient (Wildman–Crippen LogP) is 4.86. The van der Waals surface area contributed by atoms with Gasteiger partial charge in [-0.3, -0.25) is 4.79 Å². The molecule has 0 fully saturated rings. The minimum atomic E-state index is -0.257. The Morgan fingerprint density at radius 1 is 0.964 bits per heavy atom. The predicted molar refractivity (Wildman–Crippen MR) is 111 cm³/mol. The van der Waals surface area contributed by atoms with Crippen molar-refractivity contribution in [2.75, 3.05) is 6.61 Å². The molecule has 2 heterocycles. The second-order valence-electron chi connectivity index (χ2n) is 6.73. The van der Waals surface area contributed by atoms with E-state index in [0.717, 1.165) is 34.4 Å². The van der Waals surface area contributed by atoms with Crippen LogP contribution in [0.2, 0.25) is 0 Å². The van der Waals surface area contributed by atoms with Gasteiger partial charge in [-0.25, -0.2) is 4.98 Å². The number of fused-ring (bicyclic) bond motifs is 1. The molecular weight excluding hydrogens is 348 g/mol. The number of hydrogen-bond donors (Lipinski definition) is 0. The Morgan fingerprint density at radius 2 is 1.68 bits per heavy atom. The van der Waals surface area contributed by atoms with Crippen LogP contribution in [0.5, 0.6) is 0 Å². The number of pyridine rings is 1. The van der Waals surface area contributed by atoms with E-state index in [1.165, 1.54) is 12.5 Å². The topological polar surface area (TPSA) is 44.1 Å². The van der Waals surface area contributed by atoms with Crippen LogP contribution >= 0.6 is 0 Å². The summed E-state index contributed by atoms with van der Waals surface area (Å²) in [4.78, 5) is 15.9. The summed E-state index contributed by atoms with van der Waals surface area (Å²) in [5.74, 6) is -0.257. The van der Waals surface area contributed by atoms with Crippen LogP contribution in [0.4, 0.5) is 0 Å². The molecule has 2 aromatic heterocycles. The highest BCUT2D eigenvalue weighted by Crippen LogP contribution is 2.34. The maximum atomic E-state index is 11.3. The highest BCUT2D eigenvalue weighted by molar-refractivity contribution is 5.89. The Labute approximate surface area is 164 Å². The summed E-state index contributed by atoms with van der Waals surface area (Å²) >= 11 is 0. The number of carbonyl (C=O) groups excluding carboxylic acids is 1. The van der Waals surface area contributed by atoms with Crippen LogP contribution in [0.25, 0.3) is 22.3 Å². The Bertz CT molecular complexity index is 1090. The molecule has 0 unspecified atom stereocenters. The SMILES string of the molecule is CC(=O)OCCc1c(-c2ccccc2)n(Cc2ccccc2)c2ncccc12. The minimum absolute atomic E-state index is 0.257. The van der Waals surface area contributed by atoms with Gasteiger partial charge >= 0.3 is 5.97 Å². The molecule has 0 aliphatic carbocycles. The summed E-state index contributed by atoms with van der Waals surface area (Å²) in [6.07, 6.45) is 2.47. The number of esters is 1. The van der Waals surface area contributed by atoms with Crippen LogP contribution in [0, 0.1) is 0 Å². The molecule has 4 aromatic rings. The Morgan fingerprint density at radius 3 is 2.39 bits per heavy atom. The maximum Gasteiger partial charge on any atom is 0.302 e. The monoisotopic (exact) mass is 370 g/mol. The Balaban J connectivity index is 1.89. The standard InChI is InChI=1S/C24H22N2O2/c1-18(27)28-16-14-21-22-13-8-15-25-24(22)26(17-19-9-4-2-5-10-19)23(21)20-11-6-3-7-12-20/h2-13,15H,14,16-17H2,1H3. The van der Waals surface area contributed by atoms with Crippen LogP contribution < -0.4 is 0 Å². The van der Waals surface area contributed by atoms with E-state index in [1.807, 2.05) is 36.5 Å². The first kappa shape index (κ1) is 18.0. The van der Waals surface area contributed by atoms with E-state index in [4.69, 9.17) is 4.74 Å². The number of benzene rings is 2. The van der Waals surface area contributed by atoms with Crippen LogP contribution in [-0.4, -0.2) is 22.1 Å². The number of rotatable bonds is 6. The molecule has 28 heavy (non-hydrogen) atoms. The van der Waals surface area contributed by atoms with Gasteiger partial charge in [0.2, 0.25) is 0 Å². The van der Waals surface area contributed by atoms with Gasteiger partial charge in [0.15, 0.2) is 0 Å². The van der Waals surface area contributed by atoms with E-state index < -0.39 is 0 Å². The quantitative estimate of drug-likeness (QED) is 0.455. The van der Waals surface area contributed by atoms with Gasteiger partial charge in [-0.05, 0) is 28.8 Å². The molecule has 4 rings (SSSR count). The first-order chi connectivity index (χ1) is 13.7. The molecule has 0 saturated carbocycles. The summed E-state index contributed by atoms with van der Waals surface area (Å²) < 4.78 is 7.51. The van der Waals surface area contributed by atoms with Gasteiger partial charge in [0, 0.05) is 31.5 Å². The van der Waals surface area contributed by atoms with E-state index in [9.17, 15) is 4.79 Å². The lowest BCUT2D eigenvalue weighted by atomic mass is 10.0. The average Bonchev–Trinajstić information content (AvgIpc) is 3.03. The van der Waals surface area contributed by atoms with Crippen molar-refractivity contribution >= 4 is 17.0 Å². The largest absolute Gasteiger partial charge is 0.466 e. The van der Waals surface area contributed by atoms with Crippen molar-refractivity contribution in [3.05, 3.63) is 90.1 Å². The van der Waals surface area contributed by atoms with Gasteiger partial charge in [-0.2, -0.15) is 0 Å². The molecule has 0 N–H and O–H groups in total. The van der Waals surface area contributed by atoms with E-state index in [1.54, 1.807) is 0 Å². The minimum Gasteiger partial charge on any atom is -0.466 e. The summed E-state index contributed by atoms with van der Waals surface area (Å²) in [5, 5.41) is 1.10. The lowest BCUT2D eigenvalue weighted by Gasteiger charge is -2.13. The molecule has 0 spiro atoms. The molecular formula is C24H22N2O2. The highest BCUT2D eigenvalue weighted by Gasteiger charge is 2.19. The molecule has 0 aliphatic heterocycles. The number of hydrogen-bond acceptors (Lipinski definition) is 3. The van der Waals surface area contributed by atoms with Crippen LogP contribution in [-0.2, 0) is 22.5 Å². The van der Waals surface area contributed by atoms with Crippen molar-refractivity contribution in [2.45, 2.75) is 19.9 Å². The molecule has 0 radical (unpaired) electrons. The van der Waals surface area contributed by atoms with Crippen LogP contribution in [0.15, 0.2) is 79.0 Å². The lowest BCUT2D eigenvalue weighted by molar-refractivity contribution is -0.140. The number of carbonyl (C=O) groups is 1. The van der Waals surface area contributed by atoms with Crippen molar-refractivity contribution in [1.82, 2.24) is 9.55 Å². The zero-order chi connectivity index (χ0) is 19.3. The molecule has 140 valence electrons. The summed E-state index contributed by atoms with van der Waals surface area (Å²) in [6, 6.07) is 24.8. The van der Waals surface area contributed by atoms with Gasteiger partial charge in [-0.15, -0.1) is 0 Å². The van der Waals surface area contributed by atoms with E-state index in [2.05, 4.69) is 52.0 Å². The van der Waals surface area contributed by atoms with Gasteiger partial charge in [0.05, 0.1) is 12.3 Å². The third-order valence-corrected chi connectivity index (χ3v) is 4.81. The van der Waals surface area contributed by atoms with E-state index in [0.29, 0.717) is 13.0 Å². The van der Waals surface area contributed by atoms with Crippen molar-refractivity contribution in [3.63, 3.8) is 0 Å². The molecule has 0 saturated heterocycles. The Hall–Kier alpha value is -3.40. The maximum absolute atomic E-state index is 11.3. The van der Waals surface area contributed by atoms with Crippen molar-refractivity contribution in [3.8, 4) is 11.3 Å². The van der Waals surface area contributed by atoms with Crippen molar-refractivity contribution in [1.29, 1.82) is 0 Å². The summed E-state index contributed by atoms with van der Waals surface area (Å²) in [7, 11) is 0. The normalized spacial score (nSPS) is 10.9. The number of ether oxygens (including phenoxy) is 1. The van der Waals surface area contributed by atoms with E-state index >= 15 is 0 Å². The third kappa shape index (κ3) is 3.67. The van der Waals surface area contributed by atoms with Crippen molar-refractivity contribution < 1.29 is 9.53 Å². The second kappa shape index (κ2) is 8.09. The number of nitrogens with zero attached hydrogens (tertiary/aromatic N) is 2. The first-order valence-electron chi connectivity index (χ1n) is 9.43.